The lowest BCUT2D eigenvalue weighted by Gasteiger charge is -2.35. The molecule has 0 atom stereocenters. The summed E-state index contributed by atoms with van der Waals surface area (Å²) in [5.74, 6) is 0.152. The average Bonchev–Trinajstić information content (AvgIpc) is 2.68. The van der Waals surface area contributed by atoms with E-state index >= 15 is 0 Å². The molecule has 6 nitrogen and oxygen atoms in total. The number of para-hydroxylation sites is 1. The van der Waals surface area contributed by atoms with Crippen molar-refractivity contribution in [2.75, 3.05) is 31.1 Å². The van der Waals surface area contributed by atoms with Gasteiger partial charge in [0.1, 0.15) is 0 Å². The molecule has 0 spiro atoms. The maximum Gasteiger partial charge on any atom is 0.324 e. The Morgan fingerprint density at radius 1 is 0.962 bits per heavy atom. The van der Waals surface area contributed by atoms with Crippen LogP contribution in [-0.4, -0.2) is 43.1 Å². The van der Waals surface area contributed by atoms with Gasteiger partial charge in [0.2, 0.25) is 0 Å². The molecule has 3 N–H and O–H groups in total. The van der Waals surface area contributed by atoms with E-state index in [0.717, 1.165) is 18.7 Å². The number of benzene rings is 2. The van der Waals surface area contributed by atoms with Crippen LogP contribution in [0.3, 0.4) is 0 Å². The normalized spacial score (nSPS) is 14.5. The number of anilines is 1. The van der Waals surface area contributed by atoms with E-state index in [1.807, 2.05) is 48.5 Å². The van der Waals surface area contributed by atoms with E-state index in [0.29, 0.717) is 19.6 Å². The molecule has 3 rings (SSSR count). The van der Waals surface area contributed by atoms with Gasteiger partial charge in [0.05, 0.1) is 6.54 Å². The number of nitrogens with zero attached hydrogens (tertiary/aromatic N) is 3. The number of hydrogen-bond acceptors (Lipinski definition) is 3. The minimum Gasteiger partial charge on any atom is -0.370 e. The molecule has 138 valence electrons. The number of halogens is 1. The van der Waals surface area contributed by atoms with E-state index in [1.165, 1.54) is 5.69 Å². The van der Waals surface area contributed by atoms with Gasteiger partial charge in [0.25, 0.3) is 0 Å². The van der Waals surface area contributed by atoms with E-state index in [9.17, 15) is 4.79 Å². The van der Waals surface area contributed by atoms with Crippen molar-refractivity contribution in [3.63, 3.8) is 0 Å². The van der Waals surface area contributed by atoms with Crippen LogP contribution in [-0.2, 0) is 6.54 Å². The molecule has 0 radical (unpaired) electrons. The number of nitrogens with two attached hydrogens (primary N) is 1. The summed E-state index contributed by atoms with van der Waals surface area (Å²) in [6.45, 7) is 3.38. The zero-order valence-electron chi connectivity index (χ0n) is 14.5. The van der Waals surface area contributed by atoms with Crippen molar-refractivity contribution in [3.05, 3.63) is 66.2 Å². The highest BCUT2D eigenvalue weighted by Gasteiger charge is 2.21. The van der Waals surface area contributed by atoms with Crippen LogP contribution < -0.4 is 16.0 Å². The molecule has 26 heavy (non-hydrogen) atoms. The third kappa shape index (κ3) is 5.39. The second-order valence-electron chi connectivity index (χ2n) is 5.93. The van der Waals surface area contributed by atoms with Gasteiger partial charge < -0.3 is 15.5 Å². The molecule has 1 saturated heterocycles. The van der Waals surface area contributed by atoms with E-state index < -0.39 is 0 Å². The summed E-state index contributed by atoms with van der Waals surface area (Å²) in [6, 6.07) is 19.8. The Kier molecular flexibility index (Phi) is 7.29. The molecule has 1 aliphatic rings. The number of piperazine rings is 1. The fourth-order valence-corrected chi connectivity index (χ4v) is 2.79. The minimum absolute atomic E-state index is 0. The topological polar surface area (TPSA) is 74.0 Å². The minimum atomic E-state index is -0.193. The van der Waals surface area contributed by atoms with Gasteiger partial charge in [0, 0.05) is 31.9 Å². The van der Waals surface area contributed by atoms with Crippen molar-refractivity contribution in [2.24, 2.45) is 10.7 Å². The number of urea groups is 1. The third-order valence-corrected chi connectivity index (χ3v) is 4.20. The van der Waals surface area contributed by atoms with E-state index in [4.69, 9.17) is 5.73 Å². The predicted molar refractivity (Wildman–Crippen MR) is 108 cm³/mol. The van der Waals surface area contributed by atoms with E-state index in [1.54, 1.807) is 4.90 Å². The summed E-state index contributed by atoms with van der Waals surface area (Å²) in [6.07, 6.45) is 0. The molecule has 0 bridgehead atoms. The van der Waals surface area contributed by atoms with Crippen molar-refractivity contribution < 1.29 is 4.79 Å². The largest absolute Gasteiger partial charge is 0.370 e. The molecule has 2 aromatic carbocycles. The molecule has 2 amide bonds. The van der Waals surface area contributed by atoms with Crippen LogP contribution in [0, 0.1) is 0 Å². The molecular weight excluding hydrogens is 350 g/mol. The molecule has 0 saturated carbocycles. The molecule has 1 heterocycles. The zero-order valence-corrected chi connectivity index (χ0v) is 15.4. The van der Waals surface area contributed by atoms with Gasteiger partial charge >= 0.3 is 6.03 Å². The molecule has 1 aliphatic heterocycles. The average molecular weight is 374 g/mol. The number of hydrogen-bond donors (Lipinski definition) is 2. The summed E-state index contributed by atoms with van der Waals surface area (Å²) in [5.41, 5.74) is 8.07. The maximum atomic E-state index is 12.3. The van der Waals surface area contributed by atoms with Gasteiger partial charge in [-0.15, -0.1) is 12.4 Å². The number of guanidine groups is 1. The van der Waals surface area contributed by atoms with Gasteiger partial charge in [-0.05, 0) is 17.7 Å². The number of amides is 2. The summed E-state index contributed by atoms with van der Waals surface area (Å²) < 4.78 is 0. The fraction of sp³-hybridized carbons (Fsp3) is 0.263. The number of rotatable bonds is 3. The lowest BCUT2D eigenvalue weighted by atomic mass is 10.2. The van der Waals surface area contributed by atoms with Crippen LogP contribution in [0.15, 0.2) is 65.7 Å². The molecular formula is C19H24ClN5O. The Hall–Kier alpha value is -2.73. The van der Waals surface area contributed by atoms with Crippen LogP contribution >= 0.6 is 12.4 Å². The van der Waals surface area contributed by atoms with E-state index in [2.05, 4.69) is 27.3 Å². The van der Waals surface area contributed by atoms with Crippen LogP contribution in [0.4, 0.5) is 10.5 Å². The zero-order chi connectivity index (χ0) is 17.5. The Balaban J connectivity index is 0.00000243. The lowest BCUT2D eigenvalue weighted by Crippen LogP contribution is -2.54. The van der Waals surface area contributed by atoms with Crippen LogP contribution in [0.2, 0.25) is 0 Å². The molecule has 0 aliphatic carbocycles. The number of carbonyl (C=O) groups is 1. The quantitative estimate of drug-likeness (QED) is 0.641. The highest BCUT2D eigenvalue weighted by molar-refractivity contribution is 5.95. The van der Waals surface area contributed by atoms with Crippen molar-refractivity contribution in [1.29, 1.82) is 0 Å². The lowest BCUT2D eigenvalue weighted by molar-refractivity contribution is 0.199. The highest BCUT2D eigenvalue weighted by Crippen LogP contribution is 2.15. The summed E-state index contributed by atoms with van der Waals surface area (Å²) in [4.78, 5) is 20.6. The molecule has 0 aromatic heterocycles. The standard InChI is InChI=1S/C19H23N5O.ClH/c20-18(21-15-16-7-3-1-4-8-16)22-19(25)24-13-11-23(12-14-24)17-9-5-2-6-10-17;/h1-10H,11-15H2,(H3,20,21,22,25);1H. The fourth-order valence-electron chi connectivity index (χ4n) is 2.79. The second-order valence-corrected chi connectivity index (χ2v) is 5.93. The highest BCUT2D eigenvalue weighted by atomic mass is 35.5. The molecule has 7 heteroatoms. The van der Waals surface area contributed by atoms with Gasteiger partial charge in [-0.2, -0.15) is 0 Å². The Morgan fingerprint density at radius 3 is 2.15 bits per heavy atom. The van der Waals surface area contributed by atoms with Crippen LogP contribution in [0.5, 0.6) is 0 Å². The van der Waals surface area contributed by atoms with Gasteiger partial charge in [-0.3, -0.25) is 5.32 Å². The first-order valence-corrected chi connectivity index (χ1v) is 8.42. The number of nitrogens with one attached hydrogen (secondary N) is 1. The Bertz CT molecular complexity index is 715. The van der Waals surface area contributed by atoms with Crippen LogP contribution in [0.1, 0.15) is 5.56 Å². The monoisotopic (exact) mass is 373 g/mol. The third-order valence-electron chi connectivity index (χ3n) is 4.20. The van der Waals surface area contributed by atoms with Gasteiger partial charge in [0.15, 0.2) is 5.96 Å². The maximum absolute atomic E-state index is 12.3. The number of aliphatic imine (C=N–C) groups is 1. The van der Waals surface area contributed by atoms with Crippen molar-refractivity contribution >= 4 is 30.1 Å². The molecule has 1 fully saturated rings. The van der Waals surface area contributed by atoms with Crippen molar-refractivity contribution in [1.82, 2.24) is 10.2 Å². The van der Waals surface area contributed by atoms with Gasteiger partial charge in [-0.25, -0.2) is 9.79 Å². The summed E-state index contributed by atoms with van der Waals surface area (Å²) in [5, 5.41) is 2.67. The summed E-state index contributed by atoms with van der Waals surface area (Å²) in [7, 11) is 0. The predicted octanol–water partition coefficient (Wildman–Crippen LogP) is 2.45. The Labute approximate surface area is 160 Å². The Morgan fingerprint density at radius 2 is 1.54 bits per heavy atom. The number of carbonyl (C=O) groups excluding carboxylic acids is 1. The first-order chi connectivity index (χ1) is 12.2. The van der Waals surface area contributed by atoms with Crippen LogP contribution in [0.25, 0.3) is 0 Å². The SMILES string of the molecule is Cl.NC(=NCc1ccccc1)NC(=O)N1CCN(c2ccccc2)CC1. The molecule has 0 unspecified atom stereocenters. The van der Waals surface area contributed by atoms with Crippen molar-refractivity contribution in [3.8, 4) is 0 Å². The first kappa shape index (κ1) is 19.6. The van der Waals surface area contributed by atoms with E-state index in [-0.39, 0.29) is 24.4 Å². The molecule has 2 aromatic rings. The first-order valence-electron chi connectivity index (χ1n) is 8.42. The second kappa shape index (κ2) is 9.68. The van der Waals surface area contributed by atoms with Crippen molar-refractivity contribution in [2.45, 2.75) is 6.54 Å². The summed E-state index contributed by atoms with van der Waals surface area (Å²) >= 11 is 0. The smallest absolute Gasteiger partial charge is 0.324 e. The van der Waals surface area contributed by atoms with Gasteiger partial charge in [-0.1, -0.05) is 48.5 Å².